The molecule has 1 aromatic carbocycles. The van der Waals surface area contributed by atoms with Crippen LogP contribution < -0.4 is 9.47 Å². The van der Waals surface area contributed by atoms with Crippen LogP contribution >= 0.6 is 11.3 Å². The van der Waals surface area contributed by atoms with Crippen molar-refractivity contribution in [3.8, 4) is 11.5 Å². The van der Waals surface area contributed by atoms with Gasteiger partial charge in [0.1, 0.15) is 6.61 Å². The lowest BCUT2D eigenvalue weighted by Gasteiger charge is -2.31. The average molecular weight is 331 g/mol. The van der Waals surface area contributed by atoms with Crippen molar-refractivity contribution in [1.29, 1.82) is 0 Å². The highest BCUT2D eigenvalue weighted by Gasteiger charge is 2.24. The van der Waals surface area contributed by atoms with Gasteiger partial charge in [-0.25, -0.2) is 0 Å². The lowest BCUT2D eigenvalue weighted by molar-refractivity contribution is -0.132. The Bertz CT molecular complexity index is 641. The van der Waals surface area contributed by atoms with Crippen LogP contribution in [0.1, 0.15) is 18.9 Å². The Balaban J connectivity index is 1.54. The van der Waals surface area contributed by atoms with E-state index in [-0.39, 0.29) is 12.0 Å². The molecule has 2 aromatic rings. The first kappa shape index (κ1) is 15.9. The number of carbonyl (C=O) groups is 1. The van der Waals surface area contributed by atoms with Crippen LogP contribution in [0, 0.1) is 0 Å². The van der Waals surface area contributed by atoms with Gasteiger partial charge in [0.25, 0.3) is 0 Å². The summed E-state index contributed by atoms with van der Waals surface area (Å²) in [5, 5.41) is 4.14. The smallest absolute Gasteiger partial charge is 0.223 e. The molecule has 0 N–H and O–H groups in total. The van der Waals surface area contributed by atoms with E-state index in [1.165, 1.54) is 5.56 Å². The van der Waals surface area contributed by atoms with Crippen molar-refractivity contribution in [3.63, 3.8) is 0 Å². The van der Waals surface area contributed by atoms with E-state index < -0.39 is 0 Å². The third-order valence-corrected chi connectivity index (χ3v) is 4.67. The van der Waals surface area contributed by atoms with Gasteiger partial charge in [0, 0.05) is 13.0 Å². The summed E-state index contributed by atoms with van der Waals surface area (Å²) in [6.45, 7) is 3.72. The monoisotopic (exact) mass is 331 g/mol. The Morgan fingerprint density at radius 2 is 2.13 bits per heavy atom. The summed E-state index contributed by atoms with van der Waals surface area (Å²) in [6.07, 6.45) is 1.22. The second-order valence-electron chi connectivity index (χ2n) is 5.56. The molecule has 2 heterocycles. The van der Waals surface area contributed by atoms with E-state index in [1.807, 2.05) is 41.5 Å². The van der Waals surface area contributed by atoms with Crippen molar-refractivity contribution in [2.45, 2.75) is 25.9 Å². The molecule has 0 fully saturated rings. The van der Waals surface area contributed by atoms with E-state index in [0.29, 0.717) is 26.1 Å². The minimum absolute atomic E-state index is 0.116. The summed E-state index contributed by atoms with van der Waals surface area (Å²) >= 11 is 1.67. The lowest BCUT2D eigenvalue weighted by Crippen LogP contribution is -2.43. The molecule has 5 heteroatoms. The van der Waals surface area contributed by atoms with E-state index in [4.69, 9.17) is 9.47 Å². The van der Waals surface area contributed by atoms with Gasteiger partial charge in [-0.05, 0) is 47.9 Å². The van der Waals surface area contributed by atoms with Gasteiger partial charge in [-0.3, -0.25) is 4.79 Å². The van der Waals surface area contributed by atoms with Gasteiger partial charge in [0.15, 0.2) is 17.6 Å². The van der Waals surface area contributed by atoms with E-state index in [0.717, 1.165) is 17.9 Å². The third kappa shape index (κ3) is 4.05. The fourth-order valence-corrected chi connectivity index (χ4v) is 3.35. The molecule has 3 rings (SSSR count). The van der Waals surface area contributed by atoms with Crippen molar-refractivity contribution in [1.82, 2.24) is 4.90 Å². The number of hydrogen-bond donors (Lipinski definition) is 0. The summed E-state index contributed by atoms with van der Waals surface area (Å²) in [4.78, 5) is 14.3. The van der Waals surface area contributed by atoms with Crippen molar-refractivity contribution in [2.75, 3.05) is 19.7 Å². The zero-order valence-corrected chi connectivity index (χ0v) is 14.1. The molecule has 122 valence electrons. The molecule has 0 aliphatic carbocycles. The SMILES string of the molecule is CCN(CC1COc2ccccc2O1)C(=O)CCc1ccsc1. The van der Waals surface area contributed by atoms with Gasteiger partial charge < -0.3 is 14.4 Å². The largest absolute Gasteiger partial charge is 0.486 e. The minimum atomic E-state index is -0.116. The summed E-state index contributed by atoms with van der Waals surface area (Å²) in [6, 6.07) is 9.72. The van der Waals surface area contributed by atoms with E-state index in [1.54, 1.807) is 11.3 Å². The summed E-state index contributed by atoms with van der Waals surface area (Å²) in [5.41, 5.74) is 1.23. The van der Waals surface area contributed by atoms with Crippen LogP contribution in [0.4, 0.5) is 0 Å². The standard InChI is InChI=1S/C18H21NO3S/c1-2-19(18(20)8-7-14-9-10-23-13-14)11-15-12-21-16-5-3-4-6-17(16)22-15/h3-6,9-10,13,15H,2,7-8,11-12H2,1H3. The van der Waals surface area contributed by atoms with Crippen molar-refractivity contribution < 1.29 is 14.3 Å². The molecular weight excluding hydrogens is 310 g/mol. The number of benzene rings is 1. The molecule has 0 radical (unpaired) electrons. The van der Waals surface area contributed by atoms with Gasteiger partial charge in [0.05, 0.1) is 6.54 Å². The molecule has 1 amide bonds. The third-order valence-electron chi connectivity index (χ3n) is 3.93. The highest BCUT2D eigenvalue weighted by Crippen LogP contribution is 2.31. The van der Waals surface area contributed by atoms with Crippen molar-refractivity contribution in [3.05, 3.63) is 46.7 Å². The van der Waals surface area contributed by atoms with Crippen LogP contribution in [0.3, 0.4) is 0 Å². The van der Waals surface area contributed by atoms with E-state index in [2.05, 4.69) is 11.4 Å². The van der Waals surface area contributed by atoms with Gasteiger partial charge in [0.2, 0.25) is 5.91 Å². The molecule has 1 aliphatic heterocycles. The van der Waals surface area contributed by atoms with E-state index in [9.17, 15) is 4.79 Å². The van der Waals surface area contributed by atoms with Crippen LogP contribution in [-0.4, -0.2) is 36.6 Å². The summed E-state index contributed by atoms with van der Waals surface area (Å²) < 4.78 is 11.7. The van der Waals surface area contributed by atoms with Crippen LogP contribution in [0.2, 0.25) is 0 Å². The average Bonchev–Trinajstić information content (AvgIpc) is 3.11. The number of carbonyl (C=O) groups excluding carboxylic acids is 1. The second-order valence-corrected chi connectivity index (χ2v) is 6.34. The summed E-state index contributed by atoms with van der Waals surface area (Å²) in [5.74, 6) is 1.70. The van der Waals surface area contributed by atoms with Crippen LogP contribution in [-0.2, 0) is 11.2 Å². The molecule has 1 atom stereocenters. The maximum Gasteiger partial charge on any atom is 0.223 e. The maximum absolute atomic E-state index is 12.4. The van der Waals surface area contributed by atoms with Gasteiger partial charge in [-0.1, -0.05) is 12.1 Å². The highest BCUT2D eigenvalue weighted by molar-refractivity contribution is 7.07. The number of thiophene rings is 1. The quantitative estimate of drug-likeness (QED) is 0.815. The Morgan fingerprint density at radius 1 is 1.30 bits per heavy atom. The fraction of sp³-hybridized carbons (Fsp3) is 0.389. The number of rotatable bonds is 6. The fourth-order valence-electron chi connectivity index (χ4n) is 2.65. The molecule has 0 bridgehead atoms. The molecule has 0 saturated carbocycles. The van der Waals surface area contributed by atoms with Gasteiger partial charge in [-0.2, -0.15) is 11.3 Å². The Labute approximate surface area is 140 Å². The number of ether oxygens (including phenoxy) is 2. The molecule has 4 nitrogen and oxygen atoms in total. The Morgan fingerprint density at radius 3 is 2.87 bits per heavy atom. The Hall–Kier alpha value is -2.01. The number of nitrogens with zero attached hydrogens (tertiary/aromatic N) is 1. The first-order valence-corrected chi connectivity index (χ1v) is 8.88. The van der Waals surface area contributed by atoms with Crippen LogP contribution in [0.15, 0.2) is 41.1 Å². The second kappa shape index (κ2) is 7.51. The number of fused-ring (bicyclic) bond motifs is 1. The van der Waals surface area contributed by atoms with Crippen LogP contribution in [0.5, 0.6) is 11.5 Å². The number of amides is 1. The molecular formula is C18H21NO3S. The molecule has 1 unspecified atom stereocenters. The predicted octanol–water partition coefficient (Wildman–Crippen LogP) is 3.37. The first-order valence-electron chi connectivity index (χ1n) is 7.93. The predicted molar refractivity (Wildman–Crippen MR) is 91.2 cm³/mol. The number of hydrogen-bond acceptors (Lipinski definition) is 4. The number of aryl methyl sites for hydroxylation is 1. The molecule has 1 aliphatic rings. The normalized spacial score (nSPS) is 16.1. The molecule has 23 heavy (non-hydrogen) atoms. The molecule has 0 spiro atoms. The van der Waals surface area contributed by atoms with E-state index >= 15 is 0 Å². The lowest BCUT2D eigenvalue weighted by atomic mass is 10.1. The maximum atomic E-state index is 12.4. The summed E-state index contributed by atoms with van der Waals surface area (Å²) in [7, 11) is 0. The van der Waals surface area contributed by atoms with Crippen molar-refractivity contribution in [2.24, 2.45) is 0 Å². The zero-order valence-electron chi connectivity index (χ0n) is 13.2. The number of para-hydroxylation sites is 2. The van der Waals surface area contributed by atoms with Crippen molar-refractivity contribution >= 4 is 17.2 Å². The minimum Gasteiger partial charge on any atom is -0.486 e. The first-order chi connectivity index (χ1) is 11.3. The van der Waals surface area contributed by atoms with Crippen LogP contribution in [0.25, 0.3) is 0 Å². The van der Waals surface area contributed by atoms with Gasteiger partial charge in [-0.15, -0.1) is 0 Å². The van der Waals surface area contributed by atoms with Gasteiger partial charge >= 0.3 is 0 Å². The molecule has 0 saturated heterocycles. The topological polar surface area (TPSA) is 38.8 Å². The highest BCUT2D eigenvalue weighted by atomic mass is 32.1. The zero-order chi connectivity index (χ0) is 16.1. The molecule has 1 aromatic heterocycles. The number of likely N-dealkylation sites (N-methyl/N-ethyl adjacent to an activating group) is 1. The Kier molecular flexibility index (Phi) is 5.18.